The van der Waals surface area contributed by atoms with Gasteiger partial charge in [-0.05, 0) is 40.9 Å². The molecule has 0 aliphatic rings. The third-order valence-corrected chi connectivity index (χ3v) is 3.48. The van der Waals surface area contributed by atoms with E-state index < -0.39 is 5.97 Å². The molecule has 4 heteroatoms. The van der Waals surface area contributed by atoms with Gasteiger partial charge in [0.15, 0.2) is 0 Å². The maximum absolute atomic E-state index is 11.4. The van der Waals surface area contributed by atoms with Crippen molar-refractivity contribution < 1.29 is 9.90 Å². The van der Waals surface area contributed by atoms with Gasteiger partial charge >= 0.3 is 5.97 Å². The second-order valence-electron chi connectivity index (χ2n) is 3.85. The van der Waals surface area contributed by atoms with Crippen LogP contribution in [-0.2, 0) is 6.42 Å². The number of hydrogen-bond acceptors (Lipinski definition) is 2. The number of carboxylic acid groups (broad SMARTS) is 1. The maximum Gasteiger partial charge on any atom is 0.336 e. The molecule has 0 bridgehead atoms. The Morgan fingerprint density at radius 3 is 2.76 bits per heavy atom. The molecule has 1 aromatic heterocycles. The van der Waals surface area contributed by atoms with Gasteiger partial charge < -0.3 is 5.11 Å². The highest BCUT2D eigenvalue weighted by molar-refractivity contribution is 9.10. The average molecular weight is 294 g/mol. The highest BCUT2D eigenvalue weighted by Gasteiger charge is 2.17. The number of pyridine rings is 1. The van der Waals surface area contributed by atoms with Crippen LogP contribution in [0.25, 0.3) is 10.9 Å². The van der Waals surface area contributed by atoms with Crippen LogP contribution < -0.4 is 0 Å². The van der Waals surface area contributed by atoms with Crippen molar-refractivity contribution in [2.24, 2.45) is 0 Å². The van der Waals surface area contributed by atoms with Gasteiger partial charge in [-0.3, -0.25) is 4.98 Å². The second-order valence-corrected chi connectivity index (χ2v) is 4.70. The normalized spacial score (nSPS) is 10.8. The van der Waals surface area contributed by atoms with E-state index in [1.807, 2.05) is 26.0 Å². The number of aromatic nitrogens is 1. The van der Waals surface area contributed by atoms with E-state index in [2.05, 4.69) is 20.9 Å². The molecule has 0 fully saturated rings. The molecule has 0 amide bonds. The van der Waals surface area contributed by atoms with Crippen molar-refractivity contribution in [2.75, 3.05) is 0 Å². The number of rotatable bonds is 2. The van der Waals surface area contributed by atoms with Gasteiger partial charge in [-0.1, -0.05) is 19.1 Å². The summed E-state index contributed by atoms with van der Waals surface area (Å²) in [5, 5.41) is 10.1. The minimum Gasteiger partial charge on any atom is -0.478 e. The van der Waals surface area contributed by atoms with Gasteiger partial charge in [0.25, 0.3) is 0 Å². The molecule has 88 valence electrons. The molecular formula is C13H12BrNO2. The van der Waals surface area contributed by atoms with Crippen molar-refractivity contribution in [1.82, 2.24) is 4.98 Å². The Balaban J connectivity index is 2.98. The molecule has 0 aliphatic heterocycles. The maximum atomic E-state index is 11.4. The Morgan fingerprint density at radius 2 is 2.18 bits per heavy atom. The number of halogens is 1. The van der Waals surface area contributed by atoms with Crippen molar-refractivity contribution in [3.8, 4) is 0 Å². The van der Waals surface area contributed by atoms with Crippen LogP contribution in [0.15, 0.2) is 22.7 Å². The lowest BCUT2D eigenvalue weighted by Crippen LogP contribution is -2.07. The van der Waals surface area contributed by atoms with Gasteiger partial charge in [-0.2, -0.15) is 0 Å². The summed E-state index contributed by atoms with van der Waals surface area (Å²) < 4.78 is 0.822. The molecular weight excluding hydrogens is 282 g/mol. The summed E-state index contributed by atoms with van der Waals surface area (Å²) in [5.41, 5.74) is 2.67. The van der Waals surface area contributed by atoms with Gasteiger partial charge in [0.2, 0.25) is 0 Å². The molecule has 0 unspecified atom stereocenters. The fourth-order valence-electron chi connectivity index (χ4n) is 2.09. The third-order valence-electron chi connectivity index (χ3n) is 2.84. The minimum atomic E-state index is -0.893. The Morgan fingerprint density at radius 1 is 1.47 bits per heavy atom. The fraction of sp³-hybridized carbons (Fsp3) is 0.231. The molecule has 2 rings (SSSR count). The van der Waals surface area contributed by atoms with Crippen molar-refractivity contribution in [1.29, 1.82) is 0 Å². The lowest BCUT2D eigenvalue weighted by atomic mass is 9.99. The van der Waals surface area contributed by atoms with Crippen LogP contribution in [0.3, 0.4) is 0 Å². The number of fused-ring (bicyclic) bond motifs is 1. The number of carboxylic acids is 1. The Hall–Kier alpha value is -1.42. The SMILES string of the molecule is CCc1c(C)nc2c(Br)cccc2c1C(=O)O. The fourth-order valence-corrected chi connectivity index (χ4v) is 2.54. The topological polar surface area (TPSA) is 50.2 Å². The molecule has 0 aliphatic carbocycles. The number of aryl methyl sites for hydroxylation is 1. The molecule has 0 radical (unpaired) electrons. The molecule has 2 aromatic rings. The quantitative estimate of drug-likeness (QED) is 0.921. The van der Waals surface area contributed by atoms with E-state index in [0.29, 0.717) is 22.9 Å². The molecule has 0 spiro atoms. The van der Waals surface area contributed by atoms with Crippen molar-refractivity contribution in [3.05, 3.63) is 39.5 Å². The molecule has 1 aromatic carbocycles. The van der Waals surface area contributed by atoms with E-state index in [1.165, 1.54) is 0 Å². The van der Waals surface area contributed by atoms with Crippen molar-refractivity contribution in [2.45, 2.75) is 20.3 Å². The highest BCUT2D eigenvalue weighted by atomic mass is 79.9. The summed E-state index contributed by atoms with van der Waals surface area (Å²) in [6, 6.07) is 5.50. The van der Waals surface area contributed by atoms with E-state index in [-0.39, 0.29) is 0 Å². The summed E-state index contributed by atoms with van der Waals surface area (Å²) in [7, 11) is 0. The summed E-state index contributed by atoms with van der Waals surface area (Å²) >= 11 is 3.41. The highest BCUT2D eigenvalue weighted by Crippen LogP contribution is 2.28. The first-order valence-corrected chi connectivity index (χ1v) is 6.16. The van der Waals surface area contributed by atoms with Crippen LogP contribution in [0.4, 0.5) is 0 Å². The zero-order valence-corrected chi connectivity index (χ0v) is 11.2. The number of benzene rings is 1. The number of carbonyl (C=O) groups is 1. The first-order chi connectivity index (χ1) is 8.06. The van der Waals surface area contributed by atoms with Crippen molar-refractivity contribution >= 4 is 32.8 Å². The van der Waals surface area contributed by atoms with Crippen LogP contribution in [-0.4, -0.2) is 16.1 Å². The predicted octanol–water partition coefficient (Wildman–Crippen LogP) is 3.57. The average Bonchev–Trinajstić information content (AvgIpc) is 2.28. The summed E-state index contributed by atoms with van der Waals surface area (Å²) in [5.74, 6) is -0.893. The number of aromatic carboxylic acids is 1. The van der Waals surface area contributed by atoms with Gasteiger partial charge in [0.1, 0.15) is 0 Å². The summed E-state index contributed by atoms with van der Waals surface area (Å²) in [6.07, 6.45) is 0.670. The third kappa shape index (κ3) is 1.93. The Labute approximate surface area is 108 Å². The molecule has 0 saturated carbocycles. The van der Waals surface area contributed by atoms with Crippen LogP contribution >= 0.6 is 15.9 Å². The van der Waals surface area contributed by atoms with Gasteiger partial charge in [-0.15, -0.1) is 0 Å². The summed E-state index contributed by atoms with van der Waals surface area (Å²) in [4.78, 5) is 15.9. The lowest BCUT2D eigenvalue weighted by molar-refractivity contribution is 0.0697. The molecule has 17 heavy (non-hydrogen) atoms. The van der Waals surface area contributed by atoms with Gasteiger partial charge in [0.05, 0.1) is 11.1 Å². The molecule has 0 saturated heterocycles. The molecule has 3 nitrogen and oxygen atoms in total. The number of nitrogens with zero attached hydrogens (tertiary/aromatic N) is 1. The van der Waals surface area contributed by atoms with Gasteiger partial charge in [0, 0.05) is 15.6 Å². The zero-order valence-electron chi connectivity index (χ0n) is 9.62. The Kier molecular flexibility index (Phi) is 3.15. The molecule has 1 heterocycles. The van der Waals surface area contributed by atoms with E-state index in [1.54, 1.807) is 6.07 Å². The first-order valence-electron chi connectivity index (χ1n) is 5.37. The molecule has 0 atom stereocenters. The first kappa shape index (κ1) is 12.0. The van der Waals surface area contributed by atoms with E-state index in [9.17, 15) is 9.90 Å². The Bertz CT molecular complexity index is 608. The van der Waals surface area contributed by atoms with Crippen LogP contribution in [0, 0.1) is 6.92 Å². The van der Waals surface area contributed by atoms with E-state index >= 15 is 0 Å². The lowest BCUT2D eigenvalue weighted by Gasteiger charge is -2.11. The van der Waals surface area contributed by atoms with E-state index in [4.69, 9.17) is 0 Å². The monoisotopic (exact) mass is 293 g/mol. The van der Waals surface area contributed by atoms with Crippen LogP contribution in [0.5, 0.6) is 0 Å². The smallest absolute Gasteiger partial charge is 0.336 e. The largest absolute Gasteiger partial charge is 0.478 e. The summed E-state index contributed by atoms with van der Waals surface area (Å²) in [6.45, 7) is 3.80. The second kappa shape index (κ2) is 4.45. The van der Waals surface area contributed by atoms with Crippen LogP contribution in [0.1, 0.15) is 28.5 Å². The minimum absolute atomic E-state index is 0.372. The van der Waals surface area contributed by atoms with Crippen LogP contribution in [0.2, 0.25) is 0 Å². The zero-order chi connectivity index (χ0) is 12.6. The number of hydrogen-bond donors (Lipinski definition) is 1. The predicted molar refractivity (Wildman–Crippen MR) is 70.5 cm³/mol. The van der Waals surface area contributed by atoms with Crippen molar-refractivity contribution in [3.63, 3.8) is 0 Å². The van der Waals surface area contributed by atoms with Gasteiger partial charge in [-0.25, -0.2) is 4.79 Å². The standard InChI is InChI=1S/C13H12BrNO2/c1-3-8-7(2)15-12-9(11(8)13(16)17)5-4-6-10(12)14/h4-6H,3H2,1-2H3,(H,16,17). The molecule has 1 N–H and O–H groups in total. The van der Waals surface area contributed by atoms with E-state index in [0.717, 1.165) is 15.7 Å². The number of para-hydroxylation sites is 1.